The first-order valence-corrected chi connectivity index (χ1v) is 8.89. The first-order valence-electron chi connectivity index (χ1n) is 8.89. The Hall–Kier alpha value is -2.64. The highest BCUT2D eigenvalue weighted by Crippen LogP contribution is 2.38. The third kappa shape index (κ3) is 3.02. The Morgan fingerprint density at radius 3 is 1.67 bits per heavy atom. The van der Waals surface area contributed by atoms with Gasteiger partial charge in [-0.1, -0.05) is 36.4 Å². The highest BCUT2D eigenvalue weighted by atomic mass is 16.4. The average Bonchev–Trinajstić information content (AvgIpc) is 3.32. The van der Waals surface area contributed by atoms with Gasteiger partial charge in [-0.25, -0.2) is 0 Å². The van der Waals surface area contributed by atoms with Gasteiger partial charge < -0.3 is 30.4 Å². The fourth-order valence-corrected chi connectivity index (χ4v) is 3.77. The van der Waals surface area contributed by atoms with E-state index >= 15 is 0 Å². The molecule has 2 aromatic heterocycles. The minimum absolute atomic E-state index is 0.603. The van der Waals surface area contributed by atoms with E-state index in [1.807, 2.05) is 60.9 Å². The van der Waals surface area contributed by atoms with Crippen molar-refractivity contribution in [3.63, 3.8) is 0 Å². The summed E-state index contributed by atoms with van der Waals surface area (Å²) in [7, 11) is 0. The van der Waals surface area contributed by atoms with Crippen LogP contribution in [0.4, 0.5) is 0 Å². The molecule has 0 aliphatic rings. The maximum atomic E-state index is 11.0. The van der Waals surface area contributed by atoms with Gasteiger partial charge in [0.05, 0.1) is 12.7 Å². The van der Waals surface area contributed by atoms with Gasteiger partial charge in [-0.2, -0.15) is 0 Å². The van der Waals surface area contributed by atoms with Gasteiger partial charge in [-0.15, -0.1) is 0 Å². The first-order chi connectivity index (χ1) is 13.1. The third-order valence-corrected chi connectivity index (χ3v) is 5.19. The van der Waals surface area contributed by atoms with Crippen molar-refractivity contribution >= 4 is 21.8 Å². The lowest BCUT2D eigenvalue weighted by Gasteiger charge is -2.29. The molecule has 2 heterocycles. The molecule has 0 bridgehead atoms. The molecule has 2 aromatic carbocycles. The summed E-state index contributed by atoms with van der Waals surface area (Å²) >= 11 is 0. The van der Waals surface area contributed by atoms with Crippen LogP contribution in [0.5, 0.6) is 0 Å². The molecule has 0 unspecified atom stereocenters. The molecule has 3 atom stereocenters. The number of benzene rings is 2. The molecular weight excluding hydrogens is 344 g/mol. The van der Waals surface area contributed by atoms with Crippen LogP contribution in [0, 0.1) is 0 Å². The monoisotopic (exact) mass is 366 g/mol. The van der Waals surface area contributed by atoms with Crippen molar-refractivity contribution in [2.24, 2.45) is 0 Å². The van der Waals surface area contributed by atoms with Gasteiger partial charge in [0.1, 0.15) is 12.2 Å². The number of aromatic nitrogens is 2. The van der Waals surface area contributed by atoms with E-state index in [0.717, 1.165) is 32.9 Å². The summed E-state index contributed by atoms with van der Waals surface area (Å²) < 4.78 is 0. The van der Waals surface area contributed by atoms with Crippen LogP contribution in [0.3, 0.4) is 0 Å². The highest BCUT2D eigenvalue weighted by Gasteiger charge is 2.35. The molecule has 6 N–H and O–H groups in total. The summed E-state index contributed by atoms with van der Waals surface area (Å²) in [5, 5.41) is 42.4. The second-order valence-electron chi connectivity index (χ2n) is 6.79. The lowest BCUT2D eigenvalue weighted by atomic mass is 9.83. The standard InChI is InChI=1S/C21H22N2O4/c24-11-18(25)20(26)21(27)19(14-9-22-16-7-3-1-5-12(14)16)15-10-23-17-8-4-2-6-13(15)17/h1-10,18-27H,11H2/t18-,20-,21-/m1/s1. The maximum Gasteiger partial charge on any atom is 0.109 e. The molecule has 0 saturated carbocycles. The van der Waals surface area contributed by atoms with Gasteiger partial charge in [-0.3, -0.25) is 0 Å². The van der Waals surface area contributed by atoms with E-state index in [4.69, 9.17) is 0 Å². The van der Waals surface area contributed by atoms with E-state index in [0.29, 0.717) is 0 Å². The highest BCUT2D eigenvalue weighted by molar-refractivity contribution is 5.88. The zero-order valence-electron chi connectivity index (χ0n) is 14.6. The minimum Gasteiger partial charge on any atom is -0.394 e. The number of nitrogens with one attached hydrogen (secondary N) is 2. The van der Waals surface area contributed by atoms with Crippen LogP contribution >= 0.6 is 0 Å². The Labute approximate surface area is 155 Å². The van der Waals surface area contributed by atoms with Crippen molar-refractivity contribution in [3.8, 4) is 0 Å². The van der Waals surface area contributed by atoms with E-state index in [2.05, 4.69) is 9.97 Å². The fraction of sp³-hybridized carbons (Fsp3) is 0.238. The van der Waals surface area contributed by atoms with Gasteiger partial charge in [-0.05, 0) is 23.3 Å². The molecule has 6 nitrogen and oxygen atoms in total. The Balaban J connectivity index is 1.90. The number of aliphatic hydroxyl groups is 4. The van der Waals surface area contributed by atoms with Gasteiger partial charge in [0.15, 0.2) is 0 Å². The van der Waals surface area contributed by atoms with Gasteiger partial charge >= 0.3 is 0 Å². The summed E-state index contributed by atoms with van der Waals surface area (Å²) in [6, 6.07) is 15.4. The minimum atomic E-state index is -1.50. The SMILES string of the molecule is OC[C@@H](O)[C@@H](O)[C@H](O)C(c1c[nH]c2ccccc12)c1c[nH]c2ccccc12. The van der Waals surface area contributed by atoms with E-state index in [1.165, 1.54) is 0 Å². The Kier molecular flexibility index (Phi) is 4.72. The molecule has 140 valence electrons. The zero-order chi connectivity index (χ0) is 19.0. The molecule has 0 saturated heterocycles. The van der Waals surface area contributed by atoms with Gasteiger partial charge in [0.2, 0.25) is 0 Å². The molecule has 4 aromatic rings. The smallest absolute Gasteiger partial charge is 0.109 e. The molecule has 0 spiro atoms. The van der Waals surface area contributed by atoms with E-state index in [9.17, 15) is 20.4 Å². The number of hydrogen-bond donors (Lipinski definition) is 6. The molecule has 0 amide bonds. The van der Waals surface area contributed by atoms with Crippen LogP contribution in [0.15, 0.2) is 60.9 Å². The first kappa shape index (κ1) is 17.8. The molecule has 27 heavy (non-hydrogen) atoms. The zero-order valence-corrected chi connectivity index (χ0v) is 14.6. The van der Waals surface area contributed by atoms with Crippen molar-refractivity contribution in [1.29, 1.82) is 0 Å². The summed E-state index contributed by atoms with van der Waals surface area (Å²) in [6.45, 7) is -0.632. The van der Waals surface area contributed by atoms with E-state index in [1.54, 1.807) is 0 Å². The van der Waals surface area contributed by atoms with Crippen molar-refractivity contribution in [2.45, 2.75) is 24.2 Å². The van der Waals surface area contributed by atoms with E-state index in [-0.39, 0.29) is 0 Å². The topological polar surface area (TPSA) is 112 Å². The second kappa shape index (κ2) is 7.17. The Morgan fingerprint density at radius 1 is 0.704 bits per heavy atom. The summed E-state index contributed by atoms with van der Waals surface area (Å²) in [4.78, 5) is 6.40. The van der Waals surface area contributed by atoms with Crippen LogP contribution in [-0.2, 0) is 0 Å². The summed E-state index contributed by atoms with van der Waals surface area (Å²) in [5.74, 6) is -0.603. The average molecular weight is 366 g/mol. The van der Waals surface area contributed by atoms with Gasteiger partial charge in [0, 0.05) is 40.1 Å². The number of aliphatic hydroxyl groups excluding tert-OH is 4. The molecular formula is C21H22N2O4. The fourth-order valence-electron chi connectivity index (χ4n) is 3.77. The number of H-pyrrole nitrogens is 2. The second-order valence-corrected chi connectivity index (χ2v) is 6.79. The Bertz CT molecular complexity index is 980. The molecule has 0 aliphatic heterocycles. The van der Waals surface area contributed by atoms with Crippen LogP contribution in [0.2, 0.25) is 0 Å². The van der Waals surface area contributed by atoms with Crippen molar-refractivity contribution in [1.82, 2.24) is 9.97 Å². The third-order valence-electron chi connectivity index (χ3n) is 5.19. The number of fused-ring (bicyclic) bond motifs is 2. The predicted molar refractivity (Wildman–Crippen MR) is 104 cm³/mol. The molecule has 0 fully saturated rings. The van der Waals surface area contributed by atoms with Crippen molar-refractivity contribution in [2.75, 3.05) is 6.61 Å². The lowest BCUT2D eigenvalue weighted by molar-refractivity contribution is -0.0804. The number of hydrogen-bond acceptors (Lipinski definition) is 4. The normalized spacial score (nSPS) is 15.4. The lowest BCUT2D eigenvalue weighted by Crippen LogP contribution is -2.42. The molecule has 0 aliphatic carbocycles. The van der Waals surface area contributed by atoms with Crippen LogP contribution in [0.25, 0.3) is 21.8 Å². The molecule has 4 rings (SSSR count). The quantitative estimate of drug-likeness (QED) is 0.313. The number of para-hydroxylation sites is 2. The largest absolute Gasteiger partial charge is 0.394 e. The van der Waals surface area contributed by atoms with Crippen LogP contribution < -0.4 is 0 Å². The molecule has 0 radical (unpaired) electrons. The predicted octanol–water partition coefficient (Wildman–Crippen LogP) is 1.86. The van der Waals surface area contributed by atoms with Crippen LogP contribution in [0.1, 0.15) is 17.0 Å². The number of rotatable bonds is 6. The summed E-state index contributed by atoms with van der Waals surface area (Å²) in [6.07, 6.45) is -0.609. The van der Waals surface area contributed by atoms with Crippen molar-refractivity contribution < 1.29 is 20.4 Å². The number of aromatic amines is 2. The summed E-state index contributed by atoms with van der Waals surface area (Å²) in [5.41, 5.74) is 3.46. The van der Waals surface area contributed by atoms with Crippen LogP contribution in [-0.4, -0.2) is 55.3 Å². The van der Waals surface area contributed by atoms with Gasteiger partial charge in [0.25, 0.3) is 0 Å². The maximum absolute atomic E-state index is 11.0. The van der Waals surface area contributed by atoms with E-state index < -0.39 is 30.8 Å². The Morgan fingerprint density at radius 2 is 1.19 bits per heavy atom. The molecule has 6 heteroatoms. The van der Waals surface area contributed by atoms with Crippen molar-refractivity contribution in [3.05, 3.63) is 72.1 Å².